The molecule has 0 aromatic rings. The predicted octanol–water partition coefficient (Wildman–Crippen LogP) is -0.207. The molecule has 1 amide bonds. The monoisotopic (exact) mass is 223 g/mol. The summed E-state index contributed by atoms with van der Waals surface area (Å²) in [6, 6.07) is 0.0862. The van der Waals surface area contributed by atoms with Crippen molar-refractivity contribution in [3.63, 3.8) is 0 Å². The van der Waals surface area contributed by atoms with Gasteiger partial charge in [0, 0.05) is 12.6 Å². The SMILES string of the molecule is C#CCNC(=O)C(C)N1CCC(C(C)N)C1. The van der Waals surface area contributed by atoms with Crippen molar-refractivity contribution < 1.29 is 4.79 Å². The Morgan fingerprint density at radius 1 is 1.69 bits per heavy atom. The molecule has 0 saturated carbocycles. The van der Waals surface area contributed by atoms with Gasteiger partial charge in [-0.2, -0.15) is 0 Å². The third kappa shape index (κ3) is 3.22. The summed E-state index contributed by atoms with van der Waals surface area (Å²) >= 11 is 0. The van der Waals surface area contributed by atoms with Gasteiger partial charge in [0.1, 0.15) is 0 Å². The Balaban J connectivity index is 2.41. The van der Waals surface area contributed by atoms with Gasteiger partial charge in [0.05, 0.1) is 12.6 Å². The van der Waals surface area contributed by atoms with Gasteiger partial charge < -0.3 is 11.1 Å². The van der Waals surface area contributed by atoms with Crippen molar-refractivity contribution in [2.75, 3.05) is 19.6 Å². The van der Waals surface area contributed by atoms with E-state index in [9.17, 15) is 4.79 Å². The van der Waals surface area contributed by atoms with Gasteiger partial charge in [-0.1, -0.05) is 5.92 Å². The number of hydrogen-bond acceptors (Lipinski definition) is 3. The smallest absolute Gasteiger partial charge is 0.237 e. The summed E-state index contributed by atoms with van der Waals surface area (Å²) in [6.07, 6.45) is 6.17. The van der Waals surface area contributed by atoms with Crippen LogP contribution in [-0.4, -0.2) is 42.5 Å². The number of nitrogens with two attached hydrogens (primary N) is 1. The second kappa shape index (κ2) is 5.88. The molecule has 90 valence electrons. The Labute approximate surface area is 97.6 Å². The average Bonchev–Trinajstić information content (AvgIpc) is 2.74. The van der Waals surface area contributed by atoms with Gasteiger partial charge in [-0.15, -0.1) is 6.42 Å². The molecule has 1 rings (SSSR count). The second-order valence-corrected chi connectivity index (χ2v) is 4.50. The fourth-order valence-corrected chi connectivity index (χ4v) is 2.05. The van der Waals surface area contributed by atoms with Crippen LogP contribution in [-0.2, 0) is 4.79 Å². The molecule has 0 aromatic carbocycles. The van der Waals surface area contributed by atoms with Crippen molar-refractivity contribution in [3.8, 4) is 12.3 Å². The number of rotatable bonds is 4. The highest BCUT2D eigenvalue weighted by molar-refractivity contribution is 5.81. The topological polar surface area (TPSA) is 58.4 Å². The molecule has 0 aliphatic carbocycles. The maximum absolute atomic E-state index is 11.7. The van der Waals surface area contributed by atoms with Crippen LogP contribution in [0.3, 0.4) is 0 Å². The third-order valence-electron chi connectivity index (χ3n) is 3.29. The molecular weight excluding hydrogens is 202 g/mol. The maximum atomic E-state index is 11.7. The highest BCUT2D eigenvalue weighted by Crippen LogP contribution is 2.20. The second-order valence-electron chi connectivity index (χ2n) is 4.50. The molecule has 16 heavy (non-hydrogen) atoms. The van der Waals surface area contributed by atoms with E-state index in [1.165, 1.54) is 0 Å². The lowest BCUT2D eigenvalue weighted by Gasteiger charge is -2.23. The highest BCUT2D eigenvalue weighted by atomic mass is 16.2. The molecule has 1 aliphatic rings. The van der Waals surface area contributed by atoms with E-state index < -0.39 is 0 Å². The van der Waals surface area contributed by atoms with E-state index in [-0.39, 0.29) is 18.0 Å². The number of nitrogens with zero attached hydrogens (tertiary/aromatic N) is 1. The molecule has 3 unspecified atom stereocenters. The van der Waals surface area contributed by atoms with Gasteiger partial charge in [0.25, 0.3) is 0 Å². The summed E-state index contributed by atoms with van der Waals surface area (Å²) in [6.45, 7) is 6.08. The molecule has 3 N–H and O–H groups in total. The maximum Gasteiger partial charge on any atom is 0.237 e. The van der Waals surface area contributed by atoms with E-state index in [0.717, 1.165) is 19.5 Å². The molecule has 0 spiro atoms. The lowest BCUT2D eigenvalue weighted by Crippen LogP contribution is -2.44. The lowest BCUT2D eigenvalue weighted by atomic mass is 10.0. The molecule has 4 nitrogen and oxygen atoms in total. The van der Waals surface area contributed by atoms with Crippen molar-refractivity contribution in [1.29, 1.82) is 0 Å². The van der Waals surface area contributed by atoms with Crippen LogP contribution < -0.4 is 11.1 Å². The minimum absolute atomic E-state index is 0.00303. The van der Waals surface area contributed by atoms with Crippen LogP contribution in [0.5, 0.6) is 0 Å². The molecule has 1 heterocycles. The molecule has 1 fully saturated rings. The van der Waals surface area contributed by atoms with Crippen molar-refractivity contribution >= 4 is 5.91 Å². The summed E-state index contributed by atoms with van der Waals surface area (Å²) in [4.78, 5) is 13.9. The largest absolute Gasteiger partial charge is 0.344 e. The standard InChI is InChI=1S/C12H21N3O/c1-4-6-14-12(16)10(3)15-7-5-11(8-15)9(2)13/h1,9-11H,5-8,13H2,2-3H3,(H,14,16). The van der Waals surface area contributed by atoms with Crippen LogP contribution >= 0.6 is 0 Å². The molecular formula is C12H21N3O. The number of carbonyl (C=O) groups excluding carboxylic acids is 1. The van der Waals surface area contributed by atoms with Gasteiger partial charge >= 0.3 is 0 Å². The molecule has 1 saturated heterocycles. The van der Waals surface area contributed by atoms with E-state index in [1.54, 1.807) is 0 Å². The van der Waals surface area contributed by atoms with Crippen molar-refractivity contribution in [1.82, 2.24) is 10.2 Å². The van der Waals surface area contributed by atoms with Gasteiger partial charge in [-0.25, -0.2) is 0 Å². The Kier molecular flexibility index (Phi) is 4.78. The number of likely N-dealkylation sites (tertiary alicyclic amines) is 1. The van der Waals surface area contributed by atoms with Gasteiger partial charge in [0.15, 0.2) is 0 Å². The van der Waals surface area contributed by atoms with Crippen LogP contribution in [0.15, 0.2) is 0 Å². The number of amides is 1. The van der Waals surface area contributed by atoms with Crippen LogP contribution in [0.2, 0.25) is 0 Å². The van der Waals surface area contributed by atoms with Gasteiger partial charge in [-0.05, 0) is 32.7 Å². The van der Waals surface area contributed by atoms with Gasteiger partial charge in [0.2, 0.25) is 5.91 Å². The highest BCUT2D eigenvalue weighted by Gasteiger charge is 2.30. The molecule has 0 radical (unpaired) electrons. The van der Waals surface area contributed by atoms with E-state index in [4.69, 9.17) is 12.2 Å². The Morgan fingerprint density at radius 3 is 2.88 bits per heavy atom. The minimum Gasteiger partial charge on any atom is -0.344 e. The zero-order chi connectivity index (χ0) is 12.1. The quantitative estimate of drug-likeness (QED) is 0.649. The first-order chi connectivity index (χ1) is 7.56. The zero-order valence-corrected chi connectivity index (χ0v) is 10.1. The van der Waals surface area contributed by atoms with Crippen LogP contribution in [0, 0.1) is 18.3 Å². The van der Waals surface area contributed by atoms with E-state index in [0.29, 0.717) is 12.5 Å². The first-order valence-electron chi connectivity index (χ1n) is 5.77. The Bertz CT molecular complexity index is 282. The third-order valence-corrected chi connectivity index (χ3v) is 3.29. The zero-order valence-electron chi connectivity index (χ0n) is 10.1. The van der Waals surface area contributed by atoms with E-state index in [2.05, 4.69) is 16.1 Å². The summed E-state index contributed by atoms with van der Waals surface area (Å²) < 4.78 is 0. The molecule has 0 aromatic heterocycles. The summed E-state index contributed by atoms with van der Waals surface area (Å²) in [5.41, 5.74) is 5.86. The molecule has 4 heteroatoms. The fraction of sp³-hybridized carbons (Fsp3) is 0.750. The number of carbonyl (C=O) groups is 1. The summed E-state index contributed by atoms with van der Waals surface area (Å²) in [7, 11) is 0. The van der Waals surface area contributed by atoms with Crippen molar-refractivity contribution in [3.05, 3.63) is 0 Å². The van der Waals surface area contributed by atoms with E-state index in [1.807, 2.05) is 13.8 Å². The molecule has 1 aliphatic heterocycles. The van der Waals surface area contributed by atoms with Crippen LogP contribution in [0.25, 0.3) is 0 Å². The van der Waals surface area contributed by atoms with Crippen LogP contribution in [0.1, 0.15) is 20.3 Å². The number of terminal acetylenes is 1. The minimum atomic E-state index is -0.114. The normalized spacial score (nSPS) is 24.8. The predicted molar refractivity (Wildman–Crippen MR) is 64.6 cm³/mol. The van der Waals surface area contributed by atoms with Gasteiger partial charge in [-0.3, -0.25) is 9.69 Å². The number of hydrogen-bond donors (Lipinski definition) is 2. The average molecular weight is 223 g/mol. The lowest BCUT2D eigenvalue weighted by molar-refractivity contribution is -0.125. The Hall–Kier alpha value is -1.05. The van der Waals surface area contributed by atoms with Crippen molar-refractivity contribution in [2.45, 2.75) is 32.4 Å². The van der Waals surface area contributed by atoms with Crippen molar-refractivity contribution in [2.24, 2.45) is 11.7 Å². The van der Waals surface area contributed by atoms with Crippen LogP contribution in [0.4, 0.5) is 0 Å². The molecule has 3 atom stereocenters. The Morgan fingerprint density at radius 2 is 2.38 bits per heavy atom. The first kappa shape index (κ1) is 13.0. The molecule has 0 bridgehead atoms. The number of nitrogens with one attached hydrogen (secondary N) is 1. The summed E-state index contributed by atoms with van der Waals surface area (Å²) in [5.74, 6) is 2.91. The first-order valence-corrected chi connectivity index (χ1v) is 5.77. The van der Waals surface area contributed by atoms with E-state index >= 15 is 0 Å². The fourth-order valence-electron chi connectivity index (χ4n) is 2.05. The summed E-state index contributed by atoms with van der Waals surface area (Å²) in [5, 5.41) is 2.71.